The predicted octanol–water partition coefficient (Wildman–Crippen LogP) is 2.27. The van der Waals surface area contributed by atoms with Crippen LogP contribution >= 0.6 is 0 Å². The standard InChI is InChI=1S/C17H29N3/c1-4-15-6-8-16(9-7-15)17(12-18)20-11-5-10-19(3)13-14(20)2/h6-9,14,17H,4-5,10-13,18H2,1-3H3. The van der Waals surface area contributed by atoms with Gasteiger partial charge in [-0.15, -0.1) is 0 Å². The summed E-state index contributed by atoms with van der Waals surface area (Å²) in [5.74, 6) is 0. The van der Waals surface area contributed by atoms with E-state index >= 15 is 0 Å². The highest BCUT2D eigenvalue weighted by molar-refractivity contribution is 5.25. The van der Waals surface area contributed by atoms with E-state index in [2.05, 4.69) is 55.0 Å². The summed E-state index contributed by atoms with van der Waals surface area (Å²) in [4.78, 5) is 5.02. The third-order valence-corrected chi connectivity index (χ3v) is 4.49. The fourth-order valence-corrected chi connectivity index (χ4v) is 3.29. The first-order valence-electron chi connectivity index (χ1n) is 7.89. The van der Waals surface area contributed by atoms with Crippen LogP contribution in [0, 0.1) is 0 Å². The van der Waals surface area contributed by atoms with E-state index in [0.717, 1.165) is 19.5 Å². The van der Waals surface area contributed by atoms with Crippen molar-refractivity contribution in [1.29, 1.82) is 0 Å². The number of likely N-dealkylation sites (N-methyl/N-ethyl adjacent to an activating group) is 1. The molecule has 112 valence electrons. The minimum absolute atomic E-state index is 0.349. The van der Waals surface area contributed by atoms with Crippen molar-refractivity contribution in [2.24, 2.45) is 5.73 Å². The van der Waals surface area contributed by atoms with E-state index in [1.165, 1.54) is 24.1 Å². The van der Waals surface area contributed by atoms with Gasteiger partial charge in [-0.3, -0.25) is 4.90 Å². The first kappa shape index (κ1) is 15.5. The number of hydrogen-bond donors (Lipinski definition) is 1. The van der Waals surface area contributed by atoms with E-state index < -0.39 is 0 Å². The molecule has 1 fully saturated rings. The van der Waals surface area contributed by atoms with Gasteiger partial charge in [-0.05, 0) is 44.5 Å². The van der Waals surface area contributed by atoms with Crippen LogP contribution in [0.2, 0.25) is 0 Å². The summed E-state index contributed by atoms with van der Waals surface area (Å²) in [6, 6.07) is 9.92. The molecule has 2 rings (SSSR count). The Morgan fingerprint density at radius 1 is 1.25 bits per heavy atom. The molecule has 2 N–H and O–H groups in total. The van der Waals surface area contributed by atoms with Crippen molar-refractivity contribution >= 4 is 0 Å². The van der Waals surface area contributed by atoms with Gasteiger partial charge in [0.1, 0.15) is 0 Å². The number of benzene rings is 1. The molecule has 2 unspecified atom stereocenters. The summed E-state index contributed by atoms with van der Waals surface area (Å²) in [6.45, 7) is 8.67. The molecule has 1 aromatic rings. The van der Waals surface area contributed by atoms with Gasteiger partial charge in [0.15, 0.2) is 0 Å². The zero-order valence-corrected chi connectivity index (χ0v) is 13.2. The maximum absolute atomic E-state index is 6.10. The Balaban J connectivity index is 2.16. The largest absolute Gasteiger partial charge is 0.329 e. The number of aryl methyl sites for hydroxylation is 1. The molecule has 3 heteroatoms. The number of nitrogens with zero attached hydrogens (tertiary/aromatic N) is 2. The molecule has 2 atom stereocenters. The van der Waals surface area contributed by atoms with Gasteiger partial charge in [0.2, 0.25) is 0 Å². The smallest absolute Gasteiger partial charge is 0.0473 e. The van der Waals surface area contributed by atoms with Gasteiger partial charge in [0.05, 0.1) is 0 Å². The van der Waals surface area contributed by atoms with Crippen LogP contribution in [-0.4, -0.2) is 49.1 Å². The van der Waals surface area contributed by atoms with Crippen LogP contribution in [0.3, 0.4) is 0 Å². The van der Waals surface area contributed by atoms with Crippen molar-refractivity contribution < 1.29 is 0 Å². The lowest BCUT2D eigenvalue weighted by Gasteiger charge is -2.35. The lowest BCUT2D eigenvalue weighted by Crippen LogP contribution is -2.42. The van der Waals surface area contributed by atoms with Crippen LogP contribution in [-0.2, 0) is 6.42 Å². The molecule has 0 radical (unpaired) electrons. The SMILES string of the molecule is CCc1ccc(C(CN)N2CCCN(C)CC2C)cc1. The Morgan fingerprint density at radius 2 is 1.95 bits per heavy atom. The van der Waals surface area contributed by atoms with Crippen LogP contribution in [0.25, 0.3) is 0 Å². The van der Waals surface area contributed by atoms with Gasteiger partial charge < -0.3 is 10.6 Å². The van der Waals surface area contributed by atoms with Gasteiger partial charge in [-0.25, -0.2) is 0 Å². The highest BCUT2D eigenvalue weighted by Gasteiger charge is 2.26. The van der Waals surface area contributed by atoms with Crippen molar-refractivity contribution in [3.8, 4) is 0 Å². The summed E-state index contributed by atoms with van der Waals surface area (Å²) in [5.41, 5.74) is 8.86. The molecule has 0 aromatic heterocycles. The van der Waals surface area contributed by atoms with Crippen molar-refractivity contribution in [3.05, 3.63) is 35.4 Å². The second-order valence-corrected chi connectivity index (χ2v) is 6.05. The molecule has 0 bridgehead atoms. The molecule has 1 aromatic carbocycles. The molecule has 0 spiro atoms. The monoisotopic (exact) mass is 275 g/mol. The van der Waals surface area contributed by atoms with Crippen molar-refractivity contribution in [1.82, 2.24) is 9.80 Å². The molecule has 0 aliphatic carbocycles. The maximum atomic E-state index is 6.10. The van der Waals surface area contributed by atoms with E-state index in [9.17, 15) is 0 Å². The average Bonchev–Trinajstić information content (AvgIpc) is 2.62. The molecule has 1 aliphatic rings. The molecular formula is C17H29N3. The van der Waals surface area contributed by atoms with Crippen LogP contribution < -0.4 is 5.73 Å². The van der Waals surface area contributed by atoms with Crippen LogP contribution in [0.15, 0.2) is 24.3 Å². The van der Waals surface area contributed by atoms with Crippen LogP contribution in [0.5, 0.6) is 0 Å². The molecule has 0 amide bonds. The Kier molecular flexibility index (Phi) is 5.58. The minimum atomic E-state index is 0.349. The van der Waals surface area contributed by atoms with E-state index in [-0.39, 0.29) is 0 Å². The van der Waals surface area contributed by atoms with Crippen LogP contribution in [0.4, 0.5) is 0 Å². The Morgan fingerprint density at radius 3 is 2.55 bits per heavy atom. The predicted molar refractivity (Wildman–Crippen MR) is 85.9 cm³/mol. The molecule has 3 nitrogen and oxygen atoms in total. The minimum Gasteiger partial charge on any atom is -0.329 e. The Labute approximate surface area is 123 Å². The van der Waals surface area contributed by atoms with E-state index in [4.69, 9.17) is 5.73 Å². The summed E-state index contributed by atoms with van der Waals surface area (Å²) in [6.07, 6.45) is 2.32. The second kappa shape index (κ2) is 7.21. The Bertz CT molecular complexity index is 401. The van der Waals surface area contributed by atoms with Crippen LogP contribution in [0.1, 0.15) is 37.4 Å². The topological polar surface area (TPSA) is 32.5 Å². The number of rotatable bonds is 4. The van der Waals surface area contributed by atoms with Gasteiger partial charge >= 0.3 is 0 Å². The number of nitrogens with two attached hydrogens (primary N) is 1. The van der Waals surface area contributed by atoms with E-state index in [1.54, 1.807) is 0 Å². The fourth-order valence-electron chi connectivity index (χ4n) is 3.29. The molecule has 0 saturated carbocycles. The molecular weight excluding hydrogens is 246 g/mol. The van der Waals surface area contributed by atoms with Crippen molar-refractivity contribution in [2.75, 3.05) is 33.2 Å². The molecule has 1 saturated heterocycles. The third-order valence-electron chi connectivity index (χ3n) is 4.49. The van der Waals surface area contributed by atoms with Crippen molar-refractivity contribution in [3.63, 3.8) is 0 Å². The molecule has 1 heterocycles. The summed E-state index contributed by atoms with van der Waals surface area (Å²) in [7, 11) is 2.22. The van der Waals surface area contributed by atoms with E-state index in [0.29, 0.717) is 18.6 Å². The Hall–Kier alpha value is -0.900. The van der Waals surface area contributed by atoms with Gasteiger partial charge in [-0.1, -0.05) is 31.2 Å². The van der Waals surface area contributed by atoms with Crippen molar-refractivity contribution in [2.45, 2.75) is 38.8 Å². The summed E-state index contributed by atoms with van der Waals surface area (Å²) < 4.78 is 0. The van der Waals surface area contributed by atoms with Gasteiger partial charge in [0.25, 0.3) is 0 Å². The molecule has 1 aliphatic heterocycles. The first-order valence-corrected chi connectivity index (χ1v) is 7.89. The second-order valence-electron chi connectivity index (χ2n) is 6.05. The third kappa shape index (κ3) is 3.60. The van der Waals surface area contributed by atoms with E-state index in [1.807, 2.05) is 0 Å². The normalized spacial score (nSPS) is 23.5. The first-order chi connectivity index (χ1) is 9.65. The highest BCUT2D eigenvalue weighted by Crippen LogP contribution is 2.24. The maximum Gasteiger partial charge on any atom is 0.0473 e. The quantitative estimate of drug-likeness (QED) is 0.915. The van der Waals surface area contributed by atoms with Gasteiger partial charge in [0, 0.05) is 31.7 Å². The zero-order valence-electron chi connectivity index (χ0n) is 13.2. The summed E-state index contributed by atoms with van der Waals surface area (Å²) >= 11 is 0. The molecule has 20 heavy (non-hydrogen) atoms. The summed E-state index contributed by atoms with van der Waals surface area (Å²) in [5, 5.41) is 0. The van der Waals surface area contributed by atoms with Gasteiger partial charge in [-0.2, -0.15) is 0 Å². The highest BCUT2D eigenvalue weighted by atomic mass is 15.3. The fraction of sp³-hybridized carbons (Fsp3) is 0.647. The average molecular weight is 275 g/mol. The zero-order chi connectivity index (χ0) is 14.5. The lowest BCUT2D eigenvalue weighted by molar-refractivity contribution is 0.146. The lowest BCUT2D eigenvalue weighted by atomic mass is 10.0. The number of hydrogen-bond acceptors (Lipinski definition) is 3.